The molecular weight excluding hydrogens is 268 g/mol. The van der Waals surface area contributed by atoms with Crippen LogP contribution < -0.4 is 0 Å². The Balaban J connectivity index is 2.91. The third-order valence-corrected chi connectivity index (χ3v) is 4.09. The standard InChI is InChI=1S/C11H13F3Se/c1-7(2)10(15)8-3-5-9(6-4-8)11(12,13)14/h3-7,10,15H,1-2H3. The molecule has 1 rings (SSSR count). The zero-order valence-electron chi connectivity index (χ0n) is 8.55. The van der Waals surface area contributed by atoms with Crippen LogP contribution in [0.3, 0.4) is 0 Å². The van der Waals surface area contributed by atoms with Crippen molar-refractivity contribution < 1.29 is 13.2 Å². The van der Waals surface area contributed by atoms with E-state index in [-0.39, 0.29) is 4.82 Å². The van der Waals surface area contributed by atoms with Crippen molar-refractivity contribution in [2.75, 3.05) is 0 Å². The van der Waals surface area contributed by atoms with Crippen molar-refractivity contribution in [2.24, 2.45) is 5.92 Å². The van der Waals surface area contributed by atoms with Crippen LogP contribution in [0, 0.1) is 5.92 Å². The predicted molar refractivity (Wildman–Crippen MR) is 56.2 cm³/mol. The van der Waals surface area contributed by atoms with Gasteiger partial charge in [0.15, 0.2) is 0 Å². The third-order valence-electron chi connectivity index (χ3n) is 2.21. The summed E-state index contributed by atoms with van der Waals surface area (Å²) in [4.78, 5) is 0.222. The number of hydrogen-bond donors (Lipinski definition) is 0. The summed E-state index contributed by atoms with van der Waals surface area (Å²) < 4.78 is 36.8. The second-order valence-electron chi connectivity index (χ2n) is 3.81. The van der Waals surface area contributed by atoms with Crippen LogP contribution in [0.2, 0.25) is 0 Å². The number of alkyl halides is 3. The van der Waals surface area contributed by atoms with Gasteiger partial charge in [0.2, 0.25) is 0 Å². The minimum atomic E-state index is -4.24. The van der Waals surface area contributed by atoms with Gasteiger partial charge in [0.05, 0.1) is 0 Å². The molecule has 1 aromatic carbocycles. The number of halogens is 3. The van der Waals surface area contributed by atoms with E-state index in [4.69, 9.17) is 0 Å². The number of rotatable bonds is 2. The van der Waals surface area contributed by atoms with Crippen LogP contribution in [0.15, 0.2) is 24.3 Å². The topological polar surface area (TPSA) is 0 Å². The molecule has 0 amide bonds. The molecule has 0 nitrogen and oxygen atoms in total. The molecule has 0 radical (unpaired) electrons. The second kappa shape index (κ2) is 4.58. The average Bonchev–Trinajstić information content (AvgIpc) is 2.15. The molecule has 0 fully saturated rings. The minimum absolute atomic E-state index is 0.222. The van der Waals surface area contributed by atoms with E-state index in [0.29, 0.717) is 5.92 Å². The summed E-state index contributed by atoms with van der Waals surface area (Å²) in [5.41, 5.74) is 0.340. The maximum atomic E-state index is 12.3. The molecule has 1 aromatic rings. The molecule has 0 aliphatic carbocycles. The Labute approximate surface area is 95.7 Å². The van der Waals surface area contributed by atoms with E-state index in [9.17, 15) is 13.2 Å². The summed E-state index contributed by atoms with van der Waals surface area (Å²) in [6, 6.07) is 5.37. The fraction of sp³-hybridized carbons (Fsp3) is 0.455. The first-order valence-electron chi connectivity index (χ1n) is 4.67. The van der Waals surface area contributed by atoms with Crippen molar-refractivity contribution >= 4 is 16.0 Å². The molecule has 1 atom stereocenters. The summed E-state index contributed by atoms with van der Waals surface area (Å²) in [5.74, 6) is 0.404. The maximum absolute atomic E-state index is 12.3. The van der Waals surface area contributed by atoms with E-state index < -0.39 is 11.7 Å². The summed E-state index contributed by atoms with van der Waals surface area (Å²) in [6.07, 6.45) is -4.24. The van der Waals surface area contributed by atoms with Crippen LogP contribution in [-0.4, -0.2) is 16.0 Å². The van der Waals surface area contributed by atoms with Crippen molar-refractivity contribution in [2.45, 2.75) is 24.8 Å². The Kier molecular flexibility index (Phi) is 3.85. The quantitative estimate of drug-likeness (QED) is 0.730. The number of hydrogen-bond acceptors (Lipinski definition) is 0. The predicted octanol–water partition coefficient (Wildman–Crippen LogP) is 3.30. The van der Waals surface area contributed by atoms with Crippen molar-refractivity contribution in [3.05, 3.63) is 35.4 Å². The summed E-state index contributed by atoms with van der Waals surface area (Å²) in [5, 5.41) is 0. The normalized spacial score (nSPS) is 14.3. The zero-order chi connectivity index (χ0) is 11.6. The summed E-state index contributed by atoms with van der Waals surface area (Å²) in [6.45, 7) is 4.08. The van der Waals surface area contributed by atoms with Crippen molar-refractivity contribution in [3.63, 3.8) is 0 Å². The van der Waals surface area contributed by atoms with Gasteiger partial charge in [-0.15, -0.1) is 0 Å². The molecule has 0 saturated heterocycles. The molecule has 0 spiro atoms. The van der Waals surface area contributed by atoms with Crippen LogP contribution in [0.5, 0.6) is 0 Å². The van der Waals surface area contributed by atoms with E-state index in [1.54, 1.807) is 12.1 Å². The van der Waals surface area contributed by atoms with Crippen LogP contribution in [0.4, 0.5) is 13.2 Å². The first kappa shape index (κ1) is 12.6. The fourth-order valence-corrected chi connectivity index (χ4v) is 1.62. The molecule has 84 valence electrons. The Morgan fingerprint density at radius 1 is 1.07 bits per heavy atom. The van der Waals surface area contributed by atoms with Crippen molar-refractivity contribution in [1.82, 2.24) is 0 Å². The van der Waals surface area contributed by atoms with Gasteiger partial charge < -0.3 is 0 Å². The van der Waals surface area contributed by atoms with E-state index in [1.165, 1.54) is 0 Å². The second-order valence-corrected chi connectivity index (χ2v) is 4.98. The Bertz CT molecular complexity index is 314. The van der Waals surface area contributed by atoms with Gasteiger partial charge in [-0.25, -0.2) is 0 Å². The Morgan fingerprint density at radius 2 is 1.53 bits per heavy atom. The SMILES string of the molecule is CC(C)C([SeH])c1ccc(C(F)(F)F)cc1. The first-order chi connectivity index (χ1) is 6.82. The third kappa shape index (κ3) is 3.25. The first-order valence-corrected chi connectivity index (χ1v) is 5.76. The monoisotopic (exact) mass is 282 g/mol. The van der Waals surface area contributed by atoms with Gasteiger partial charge in [0, 0.05) is 0 Å². The molecule has 0 N–H and O–H groups in total. The Morgan fingerprint density at radius 3 is 1.87 bits per heavy atom. The van der Waals surface area contributed by atoms with Gasteiger partial charge in [0.1, 0.15) is 0 Å². The van der Waals surface area contributed by atoms with E-state index in [2.05, 4.69) is 16.0 Å². The van der Waals surface area contributed by atoms with Crippen molar-refractivity contribution in [3.8, 4) is 0 Å². The van der Waals surface area contributed by atoms with Crippen LogP contribution in [0.25, 0.3) is 0 Å². The van der Waals surface area contributed by atoms with Gasteiger partial charge in [-0.1, -0.05) is 0 Å². The summed E-state index contributed by atoms with van der Waals surface area (Å²) in [7, 11) is 0. The molecule has 0 heterocycles. The van der Waals surface area contributed by atoms with Gasteiger partial charge in [0.25, 0.3) is 0 Å². The van der Waals surface area contributed by atoms with Gasteiger partial charge in [-0.05, 0) is 0 Å². The van der Waals surface area contributed by atoms with E-state index in [1.807, 2.05) is 13.8 Å². The molecule has 0 bridgehead atoms. The van der Waals surface area contributed by atoms with E-state index >= 15 is 0 Å². The molecule has 1 unspecified atom stereocenters. The molecule has 0 saturated carbocycles. The van der Waals surface area contributed by atoms with E-state index in [0.717, 1.165) is 17.7 Å². The zero-order valence-corrected chi connectivity index (χ0v) is 10.4. The Hall–Kier alpha value is -0.471. The van der Waals surface area contributed by atoms with Gasteiger partial charge in [-0.3, -0.25) is 0 Å². The molecule has 0 aromatic heterocycles. The van der Waals surface area contributed by atoms with Crippen LogP contribution >= 0.6 is 0 Å². The molecule has 4 heteroatoms. The molecule has 0 aliphatic heterocycles. The fourth-order valence-electron chi connectivity index (χ4n) is 1.25. The van der Waals surface area contributed by atoms with Crippen molar-refractivity contribution in [1.29, 1.82) is 0 Å². The van der Waals surface area contributed by atoms with Gasteiger partial charge >= 0.3 is 95.3 Å². The summed E-state index contributed by atoms with van der Waals surface area (Å²) >= 11 is 2.50. The number of benzene rings is 1. The average molecular weight is 281 g/mol. The molecule has 15 heavy (non-hydrogen) atoms. The van der Waals surface area contributed by atoms with Crippen LogP contribution in [-0.2, 0) is 6.18 Å². The van der Waals surface area contributed by atoms with Gasteiger partial charge in [-0.2, -0.15) is 0 Å². The molecule has 0 aliphatic rings. The van der Waals surface area contributed by atoms with Crippen LogP contribution in [0.1, 0.15) is 29.8 Å². The molecular formula is C11H13F3Se.